The van der Waals surface area contributed by atoms with E-state index >= 15 is 0 Å². The van der Waals surface area contributed by atoms with Crippen LogP contribution in [0.4, 0.5) is 5.69 Å². The van der Waals surface area contributed by atoms with Gasteiger partial charge in [-0.25, -0.2) is 4.79 Å². The minimum atomic E-state index is -0.651. The molecule has 31 heavy (non-hydrogen) atoms. The molecule has 1 fully saturated rings. The Kier molecular flexibility index (Phi) is 8.04. The van der Waals surface area contributed by atoms with E-state index in [4.69, 9.17) is 9.47 Å². The van der Waals surface area contributed by atoms with E-state index in [1.54, 1.807) is 36.4 Å². The number of para-hydroxylation sites is 1. The molecule has 1 aliphatic rings. The summed E-state index contributed by atoms with van der Waals surface area (Å²) in [7, 11) is 0. The summed E-state index contributed by atoms with van der Waals surface area (Å²) in [6, 6.07) is 14.4. The molecule has 3 rings (SSSR count). The molecule has 2 aromatic carbocycles. The Balaban J connectivity index is 1.45. The third-order valence-electron chi connectivity index (χ3n) is 5.19. The third kappa shape index (κ3) is 6.84. The molecule has 0 saturated heterocycles. The van der Waals surface area contributed by atoms with Gasteiger partial charge in [0.25, 0.3) is 11.8 Å². The number of carbonyl (C=O) groups excluding carboxylic acids is 3. The number of amides is 2. The highest BCUT2D eigenvalue weighted by Crippen LogP contribution is 2.20. The van der Waals surface area contributed by atoms with Crippen LogP contribution in [-0.4, -0.2) is 37.0 Å². The zero-order valence-electron chi connectivity index (χ0n) is 17.7. The zero-order chi connectivity index (χ0) is 22.1. The molecular formula is C24H28N2O5. The van der Waals surface area contributed by atoms with Crippen molar-refractivity contribution < 1.29 is 23.9 Å². The number of carbonyl (C=O) groups is 3. The van der Waals surface area contributed by atoms with Crippen LogP contribution < -0.4 is 15.4 Å². The van der Waals surface area contributed by atoms with Crippen molar-refractivity contribution in [3.8, 4) is 5.75 Å². The number of nitrogens with one attached hydrogen (secondary N) is 2. The van der Waals surface area contributed by atoms with Crippen molar-refractivity contribution in [1.82, 2.24) is 5.32 Å². The Hall–Kier alpha value is -3.35. The Bertz CT molecular complexity index is 904. The maximum atomic E-state index is 12.6. The second-order valence-electron chi connectivity index (χ2n) is 7.50. The topological polar surface area (TPSA) is 93.7 Å². The molecule has 2 aromatic rings. The summed E-state index contributed by atoms with van der Waals surface area (Å²) in [5, 5.41) is 5.65. The fraction of sp³-hybridized carbons (Fsp3) is 0.375. The van der Waals surface area contributed by atoms with Gasteiger partial charge in [-0.3, -0.25) is 9.59 Å². The maximum Gasteiger partial charge on any atom is 0.344 e. The molecule has 0 aromatic heterocycles. The summed E-state index contributed by atoms with van der Waals surface area (Å²) in [5.74, 6) is -0.841. The Morgan fingerprint density at radius 2 is 1.68 bits per heavy atom. The molecule has 2 N–H and O–H groups in total. The van der Waals surface area contributed by atoms with E-state index in [1.165, 1.54) is 5.56 Å². The minimum Gasteiger partial charge on any atom is -0.482 e. The quantitative estimate of drug-likeness (QED) is 0.601. The number of rotatable bonds is 9. The summed E-state index contributed by atoms with van der Waals surface area (Å²) >= 11 is 0. The molecule has 0 bridgehead atoms. The lowest BCUT2D eigenvalue weighted by Gasteiger charge is -2.15. The molecule has 0 aliphatic heterocycles. The van der Waals surface area contributed by atoms with Crippen molar-refractivity contribution in [1.29, 1.82) is 0 Å². The average molecular weight is 424 g/mol. The summed E-state index contributed by atoms with van der Waals surface area (Å²) in [6.07, 6.45) is 5.09. The van der Waals surface area contributed by atoms with Crippen LogP contribution in [0.15, 0.2) is 48.5 Å². The van der Waals surface area contributed by atoms with E-state index in [0.717, 1.165) is 32.1 Å². The molecule has 1 saturated carbocycles. The summed E-state index contributed by atoms with van der Waals surface area (Å²) in [4.78, 5) is 36.7. The van der Waals surface area contributed by atoms with Crippen molar-refractivity contribution in [2.45, 2.75) is 45.1 Å². The van der Waals surface area contributed by atoms with E-state index in [0.29, 0.717) is 17.0 Å². The van der Waals surface area contributed by atoms with Gasteiger partial charge in [0.15, 0.2) is 13.2 Å². The summed E-state index contributed by atoms with van der Waals surface area (Å²) in [6.45, 7) is 1.30. The second kappa shape index (κ2) is 11.2. The monoisotopic (exact) mass is 424 g/mol. The van der Waals surface area contributed by atoms with Crippen LogP contribution in [-0.2, 0) is 20.7 Å². The van der Waals surface area contributed by atoms with Gasteiger partial charge in [0.2, 0.25) is 0 Å². The number of benzene rings is 2. The number of ether oxygens (including phenoxy) is 2. The van der Waals surface area contributed by atoms with Crippen LogP contribution in [0.5, 0.6) is 5.75 Å². The van der Waals surface area contributed by atoms with Gasteiger partial charge in [-0.2, -0.15) is 0 Å². The van der Waals surface area contributed by atoms with Crippen molar-refractivity contribution in [3.63, 3.8) is 0 Å². The summed E-state index contributed by atoms with van der Waals surface area (Å²) in [5.41, 5.74) is 1.93. The normalized spacial score (nSPS) is 13.5. The minimum absolute atomic E-state index is 0.176. The number of esters is 1. The van der Waals surface area contributed by atoms with Crippen LogP contribution in [0.25, 0.3) is 0 Å². The second-order valence-corrected chi connectivity index (χ2v) is 7.50. The van der Waals surface area contributed by atoms with Crippen LogP contribution in [0.3, 0.4) is 0 Å². The van der Waals surface area contributed by atoms with Crippen LogP contribution in [0.2, 0.25) is 0 Å². The molecule has 7 heteroatoms. The molecule has 7 nitrogen and oxygen atoms in total. The lowest BCUT2D eigenvalue weighted by molar-refractivity contribution is -0.149. The highest BCUT2D eigenvalue weighted by Gasteiger charge is 2.20. The molecule has 2 amide bonds. The van der Waals surface area contributed by atoms with E-state index in [9.17, 15) is 14.4 Å². The predicted octanol–water partition coefficient (Wildman–Crippen LogP) is 3.48. The van der Waals surface area contributed by atoms with Crippen molar-refractivity contribution in [2.75, 3.05) is 18.5 Å². The molecule has 0 spiro atoms. The molecule has 1 aliphatic carbocycles. The van der Waals surface area contributed by atoms with E-state index in [1.807, 2.05) is 12.1 Å². The van der Waals surface area contributed by atoms with Gasteiger partial charge in [-0.15, -0.1) is 0 Å². The average Bonchev–Trinajstić information content (AvgIpc) is 3.30. The van der Waals surface area contributed by atoms with Gasteiger partial charge in [0.05, 0.1) is 11.3 Å². The van der Waals surface area contributed by atoms with Crippen LogP contribution in [0.1, 0.15) is 48.5 Å². The highest BCUT2D eigenvalue weighted by molar-refractivity contribution is 6.04. The number of anilines is 1. The first-order valence-electron chi connectivity index (χ1n) is 10.6. The highest BCUT2D eigenvalue weighted by atomic mass is 16.6. The molecular weight excluding hydrogens is 396 g/mol. The van der Waals surface area contributed by atoms with E-state index in [2.05, 4.69) is 17.6 Å². The van der Waals surface area contributed by atoms with Crippen molar-refractivity contribution in [3.05, 3.63) is 59.7 Å². The molecule has 0 atom stereocenters. The summed E-state index contributed by atoms with van der Waals surface area (Å²) < 4.78 is 10.3. The van der Waals surface area contributed by atoms with Crippen LogP contribution >= 0.6 is 0 Å². The van der Waals surface area contributed by atoms with Gasteiger partial charge in [-0.1, -0.05) is 44.0 Å². The first kappa shape index (κ1) is 22.3. The van der Waals surface area contributed by atoms with Gasteiger partial charge >= 0.3 is 5.97 Å². The molecule has 0 radical (unpaired) electrons. The largest absolute Gasteiger partial charge is 0.482 e. The van der Waals surface area contributed by atoms with Crippen molar-refractivity contribution >= 4 is 23.5 Å². The van der Waals surface area contributed by atoms with E-state index in [-0.39, 0.29) is 18.6 Å². The van der Waals surface area contributed by atoms with Gasteiger partial charge in [-0.05, 0) is 49.1 Å². The van der Waals surface area contributed by atoms with Crippen LogP contribution in [0, 0.1) is 0 Å². The molecule has 0 heterocycles. The lowest BCUT2D eigenvalue weighted by Crippen LogP contribution is -2.33. The van der Waals surface area contributed by atoms with Gasteiger partial charge in [0, 0.05) is 6.04 Å². The number of hydrogen-bond donors (Lipinski definition) is 2. The maximum absolute atomic E-state index is 12.6. The first-order valence-corrected chi connectivity index (χ1v) is 10.6. The van der Waals surface area contributed by atoms with Gasteiger partial charge < -0.3 is 20.1 Å². The first-order chi connectivity index (χ1) is 15.0. The number of hydrogen-bond acceptors (Lipinski definition) is 5. The fourth-order valence-corrected chi connectivity index (χ4v) is 3.46. The zero-order valence-corrected chi connectivity index (χ0v) is 17.7. The van der Waals surface area contributed by atoms with Crippen molar-refractivity contribution in [2.24, 2.45) is 0 Å². The lowest BCUT2D eigenvalue weighted by atomic mass is 10.1. The third-order valence-corrected chi connectivity index (χ3v) is 5.19. The fourth-order valence-electron chi connectivity index (χ4n) is 3.46. The smallest absolute Gasteiger partial charge is 0.344 e. The Morgan fingerprint density at radius 1 is 0.968 bits per heavy atom. The Labute approximate surface area is 182 Å². The van der Waals surface area contributed by atoms with E-state index < -0.39 is 18.5 Å². The predicted molar refractivity (Wildman–Crippen MR) is 117 cm³/mol. The number of aryl methyl sites for hydroxylation is 1. The molecule has 0 unspecified atom stereocenters. The van der Waals surface area contributed by atoms with Gasteiger partial charge in [0.1, 0.15) is 5.75 Å². The molecule has 164 valence electrons. The SMILES string of the molecule is CCc1ccc(OCC(=O)OCC(=O)Nc2ccccc2C(=O)NC2CCCC2)cc1. The standard InChI is InChI=1S/C24H28N2O5/c1-2-17-11-13-19(14-12-17)30-16-23(28)31-15-22(27)26-21-10-6-5-9-20(21)24(29)25-18-7-3-4-8-18/h5-6,9-14,18H,2-4,7-8,15-16H2,1H3,(H,25,29)(H,26,27). The Morgan fingerprint density at radius 3 is 2.39 bits per heavy atom.